The predicted molar refractivity (Wildman–Crippen MR) is 66.4 cm³/mol. The van der Waals surface area contributed by atoms with Gasteiger partial charge >= 0.3 is 12.0 Å². The van der Waals surface area contributed by atoms with E-state index in [2.05, 4.69) is 5.32 Å². The van der Waals surface area contributed by atoms with E-state index in [0.717, 1.165) is 12.8 Å². The molecule has 0 bridgehead atoms. The quantitative estimate of drug-likeness (QED) is 0.742. The van der Waals surface area contributed by atoms with Crippen LogP contribution in [0, 0.1) is 5.92 Å². The third kappa shape index (κ3) is 4.52. The number of amides is 2. The van der Waals surface area contributed by atoms with Gasteiger partial charge in [-0.3, -0.25) is 4.79 Å². The Hall–Kier alpha value is -1.30. The molecule has 104 valence electrons. The smallest absolute Gasteiger partial charge is 0.317 e. The summed E-state index contributed by atoms with van der Waals surface area (Å²) in [5, 5.41) is 11.5. The summed E-state index contributed by atoms with van der Waals surface area (Å²) in [5.41, 5.74) is 0. The van der Waals surface area contributed by atoms with Crippen LogP contribution in [-0.2, 0) is 9.53 Å². The van der Waals surface area contributed by atoms with Crippen molar-refractivity contribution in [2.45, 2.75) is 32.3 Å². The van der Waals surface area contributed by atoms with E-state index in [1.54, 1.807) is 12.0 Å². The van der Waals surface area contributed by atoms with Gasteiger partial charge < -0.3 is 20.1 Å². The second kappa shape index (κ2) is 7.20. The average Bonchev–Trinajstić information content (AvgIpc) is 2.82. The van der Waals surface area contributed by atoms with Gasteiger partial charge in [-0.15, -0.1) is 0 Å². The van der Waals surface area contributed by atoms with Crippen LogP contribution in [0.1, 0.15) is 26.2 Å². The summed E-state index contributed by atoms with van der Waals surface area (Å²) in [6, 6.07) is -0.126. The molecule has 6 heteroatoms. The molecule has 1 rings (SSSR count). The zero-order valence-corrected chi connectivity index (χ0v) is 11.0. The van der Waals surface area contributed by atoms with E-state index in [1.807, 2.05) is 6.92 Å². The Bertz CT molecular complexity index is 296. The number of likely N-dealkylation sites (tertiary alicyclic amines) is 1. The van der Waals surface area contributed by atoms with Gasteiger partial charge in [-0.1, -0.05) is 13.3 Å². The third-order valence-electron chi connectivity index (χ3n) is 3.35. The maximum Gasteiger partial charge on any atom is 0.317 e. The first-order valence-electron chi connectivity index (χ1n) is 6.34. The molecule has 0 aromatic heterocycles. The van der Waals surface area contributed by atoms with Crippen molar-refractivity contribution >= 4 is 12.0 Å². The largest absolute Gasteiger partial charge is 0.481 e. The molecule has 1 fully saturated rings. The number of carbonyl (C=O) groups excluding carboxylic acids is 1. The molecule has 1 aliphatic rings. The number of carbonyl (C=O) groups is 2. The van der Waals surface area contributed by atoms with Crippen molar-refractivity contribution in [3.63, 3.8) is 0 Å². The number of carboxylic acids is 1. The Kier molecular flexibility index (Phi) is 5.91. The number of hydrogen-bond acceptors (Lipinski definition) is 3. The lowest BCUT2D eigenvalue weighted by atomic mass is 10.0. The average molecular weight is 258 g/mol. The predicted octanol–water partition coefficient (Wildman–Crippen LogP) is 0.918. The minimum atomic E-state index is -0.822. The summed E-state index contributed by atoms with van der Waals surface area (Å²) < 4.78 is 5.19. The molecule has 1 heterocycles. The number of nitrogens with zero attached hydrogens (tertiary/aromatic N) is 1. The molecule has 2 unspecified atom stereocenters. The van der Waals surface area contributed by atoms with Gasteiger partial charge in [0.2, 0.25) is 0 Å². The zero-order valence-electron chi connectivity index (χ0n) is 11.0. The van der Waals surface area contributed by atoms with Crippen molar-refractivity contribution in [2.75, 3.05) is 26.7 Å². The Balaban J connectivity index is 2.29. The van der Waals surface area contributed by atoms with Gasteiger partial charge in [0.05, 0.1) is 6.10 Å². The number of nitrogens with one attached hydrogen (secondary N) is 1. The fourth-order valence-electron chi connectivity index (χ4n) is 2.06. The van der Waals surface area contributed by atoms with Crippen LogP contribution in [0.2, 0.25) is 0 Å². The fraction of sp³-hybridized carbons (Fsp3) is 0.833. The van der Waals surface area contributed by atoms with E-state index in [1.165, 1.54) is 0 Å². The first-order valence-corrected chi connectivity index (χ1v) is 6.34. The van der Waals surface area contributed by atoms with E-state index in [0.29, 0.717) is 19.6 Å². The standard InChI is InChI=1S/C12H22N2O4/c1-3-9(6-11(15)16)7-13-12(17)14-5-4-10(8-14)18-2/h9-10H,3-8H2,1-2H3,(H,13,17)(H,15,16). The van der Waals surface area contributed by atoms with E-state index in [9.17, 15) is 9.59 Å². The summed E-state index contributed by atoms with van der Waals surface area (Å²) in [4.78, 5) is 24.1. The minimum Gasteiger partial charge on any atom is -0.481 e. The Morgan fingerprint density at radius 1 is 1.56 bits per heavy atom. The molecule has 0 aromatic carbocycles. The second-order valence-electron chi connectivity index (χ2n) is 4.65. The molecule has 1 aliphatic heterocycles. The number of hydrogen-bond donors (Lipinski definition) is 2. The number of urea groups is 1. The first kappa shape index (κ1) is 14.8. The molecule has 0 radical (unpaired) electrons. The third-order valence-corrected chi connectivity index (χ3v) is 3.35. The van der Waals surface area contributed by atoms with Gasteiger partial charge in [-0.2, -0.15) is 0 Å². The topological polar surface area (TPSA) is 78.9 Å². The number of rotatable bonds is 6. The highest BCUT2D eigenvalue weighted by atomic mass is 16.5. The monoisotopic (exact) mass is 258 g/mol. The van der Waals surface area contributed by atoms with Gasteiger partial charge in [0.1, 0.15) is 0 Å². The van der Waals surface area contributed by atoms with Crippen LogP contribution in [0.15, 0.2) is 0 Å². The number of aliphatic carboxylic acids is 1. The van der Waals surface area contributed by atoms with E-state index in [4.69, 9.17) is 9.84 Å². The fourth-order valence-corrected chi connectivity index (χ4v) is 2.06. The van der Waals surface area contributed by atoms with E-state index >= 15 is 0 Å². The number of methoxy groups -OCH3 is 1. The van der Waals surface area contributed by atoms with E-state index in [-0.39, 0.29) is 24.5 Å². The lowest BCUT2D eigenvalue weighted by molar-refractivity contribution is -0.138. The Morgan fingerprint density at radius 2 is 2.28 bits per heavy atom. The highest BCUT2D eigenvalue weighted by Crippen LogP contribution is 2.12. The van der Waals surface area contributed by atoms with Crippen LogP contribution in [0.4, 0.5) is 4.79 Å². The molecule has 18 heavy (non-hydrogen) atoms. The molecule has 1 saturated heterocycles. The highest BCUT2D eigenvalue weighted by Gasteiger charge is 2.26. The van der Waals surface area contributed by atoms with Crippen LogP contribution < -0.4 is 5.32 Å². The Morgan fingerprint density at radius 3 is 2.78 bits per heavy atom. The molecule has 0 aliphatic carbocycles. The maximum atomic E-state index is 11.8. The molecule has 0 saturated carbocycles. The van der Waals surface area contributed by atoms with Gasteiger partial charge in [-0.25, -0.2) is 4.79 Å². The molecule has 2 atom stereocenters. The lowest BCUT2D eigenvalue weighted by Gasteiger charge is -2.19. The van der Waals surface area contributed by atoms with Crippen LogP contribution >= 0.6 is 0 Å². The molecule has 6 nitrogen and oxygen atoms in total. The lowest BCUT2D eigenvalue weighted by Crippen LogP contribution is -2.41. The summed E-state index contributed by atoms with van der Waals surface area (Å²) in [7, 11) is 1.64. The molecule has 0 spiro atoms. The van der Waals surface area contributed by atoms with Gasteiger partial charge in [0, 0.05) is 33.2 Å². The normalized spacial score (nSPS) is 20.8. The SMILES string of the molecule is CCC(CNC(=O)N1CCC(OC)C1)CC(=O)O. The van der Waals surface area contributed by atoms with Gasteiger partial charge in [-0.05, 0) is 12.3 Å². The van der Waals surface area contributed by atoms with E-state index < -0.39 is 5.97 Å². The van der Waals surface area contributed by atoms with Crippen LogP contribution in [0.25, 0.3) is 0 Å². The second-order valence-corrected chi connectivity index (χ2v) is 4.65. The van der Waals surface area contributed by atoms with Crippen LogP contribution in [0.5, 0.6) is 0 Å². The van der Waals surface area contributed by atoms with Crippen LogP contribution in [-0.4, -0.2) is 54.9 Å². The summed E-state index contributed by atoms with van der Waals surface area (Å²) in [6.45, 7) is 3.64. The molecular weight excluding hydrogens is 236 g/mol. The molecule has 0 aromatic rings. The van der Waals surface area contributed by atoms with Crippen LogP contribution in [0.3, 0.4) is 0 Å². The maximum absolute atomic E-state index is 11.8. The van der Waals surface area contributed by atoms with Crippen molar-refractivity contribution in [1.82, 2.24) is 10.2 Å². The summed E-state index contributed by atoms with van der Waals surface area (Å²) in [5.74, 6) is -0.830. The molecule has 2 amide bonds. The molecule has 2 N–H and O–H groups in total. The van der Waals surface area contributed by atoms with Crippen molar-refractivity contribution < 1.29 is 19.4 Å². The van der Waals surface area contributed by atoms with Crippen molar-refractivity contribution in [3.8, 4) is 0 Å². The Labute approximate surface area is 107 Å². The van der Waals surface area contributed by atoms with Gasteiger partial charge in [0.25, 0.3) is 0 Å². The molecular formula is C12H22N2O4. The summed E-state index contributed by atoms with van der Waals surface area (Å²) >= 11 is 0. The van der Waals surface area contributed by atoms with Crippen molar-refractivity contribution in [2.24, 2.45) is 5.92 Å². The highest BCUT2D eigenvalue weighted by molar-refractivity contribution is 5.74. The zero-order chi connectivity index (χ0) is 13.5. The summed E-state index contributed by atoms with van der Waals surface area (Å²) in [6.07, 6.45) is 1.82. The number of carboxylic acid groups (broad SMARTS) is 1. The van der Waals surface area contributed by atoms with Crippen molar-refractivity contribution in [3.05, 3.63) is 0 Å². The first-order chi connectivity index (χ1) is 8.56. The minimum absolute atomic E-state index is 0.00715. The van der Waals surface area contributed by atoms with Gasteiger partial charge in [0.15, 0.2) is 0 Å². The van der Waals surface area contributed by atoms with Crippen molar-refractivity contribution in [1.29, 1.82) is 0 Å². The number of ether oxygens (including phenoxy) is 1.